The molecule has 6 nitrogen and oxygen atoms in total. The van der Waals surface area contributed by atoms with Crippen LogP contribution in [0.3, 0.4) is 0 Å². The van der Waals surface area contributed by atoms with Gasteiger partial charge in [0.1, 0.15) is 5.82 Å². The maximum atomic E-state index is 13.4. The summed E-state index contributed by atoms with van der Waals surface area (Å²) >= 11 is 1.79. The average Bonchev–Trinajstić information content (AvgIpc) is 2.97. The van der Waals surface area contributed by atoms with Crippen molar-refractivity contribution >= 4 is 28.6 Å². The molecule has 0 radical (unpaired) electrons. The van der Waals surface area contributed by atoms with Gasteiger partial charge in [-0.2, -0.15) is 11.8 Å². The average molecular weight is 535 g/mol. The number of likely N-dealkylation sites (tertiary alicyclic amines) is 1. The quantitative estimate of drug-likeness (QED) is 0.534. The standard InChI is InChI=1S/C30H35FN4O2S/c31-24-4-1-21(2-5-24)22-7-10-33(11-8-22)12-13-34-14-16-35(17-15-34)30(37)23-3-6-28-26(19-23)25-9-18-38-20-27(25)29(36)32-28/h1-6,19,22H,7-18,20H2,(H,32,36). The van der Waals surface area contributed by atoms with Crippen LogP contribution < -0.4 is 5.56 Å². The summed E-state index contributed by atoms with van der Waals surface area (Å²) in [6.45, 7) is 7.50. The molecule has 4 heterocycles. The Labute approximate surface area is 227 Å². The fourth-order valence-corrected chi connectivity index (χ4v) is 7.19. The maximum absolute atomic E-state index is 13.4. The maximum Gasteiger partial charge on any atom is 0.253 e. The number of nitrogens with one attached hydrogen (secondary N) is 1. The second-order valence-corrected chi connectivity index (χ2v) is 11.9. The van der Waals surface area contributed by atoms with Gasteiger partial charge >= 0.3 is 0 Å². The number of H-pyrrole nitrogens is 1. The lowest BCUT2D eigenvalue weighted by Gasteiger charge is -2.37. The molecule has 38 heavy (non-hydrogen) atoms. The highest BCUT2D eigenvalue weighted by Crippen LogP contribution is 2.29. The molecule has 0 unspecified atom stereocenters. The molecule has 0 aliphatic carbocycles. The van der Waals surface area contributed by atoms with Gasteiger partial charge < -0.3 is 14.8 Å². The molecule has 1 N–H and O–H groups in total. The Morgan fingerprint density at radius 2 is 1.63 bits per heavy atom. The Morgan fingerprint density at radius 1 is 0.921 bits per heavy atom. The van der Waals surface area contributed by atoms with Gasteiger partial charge in [0, 0.05) is 67.1 Å². The number of aromatic nitrogens is 1. The molecular formula is C30H35FN4O2S. The fourth-order valence-electron chi connectivity index (χ4n) is 6.18. The third-order valence-corrected chi connectivity index (χ3v) is 9.53. The van der Waals surface area contributed by atoms with Gasteiger partial charge in [0.25, 0.3) is 11.5 Å². The minimum atomic E-state index is -0.166. The van der Waals surface area contributed by atoms with Crippen molar-refractivity contribution in [2.24, 2.45) is 0 Å². The number of aryl methyl sites for hydroxylation is 1. The molecule has 0 atom stereocenters. The number of fused-ring (bicyclic) bond motifs is 3. The van der Waals surface area contributed by atoms with Crippen molar-refractivity contribution in [3.8, 4) is 0 Å². The number of carbonyl (C=O) groups excluding carboxylic acids is 1. The predicted octanol–water partition coefficient (Wildman–Crippen LogP) is 4.09. The molecule has 0 saturated carbocycles. The molecule has 6 rings (SSSR count). The molecule has 1 aromatic heterocycles. The lowest BCUT2D eigenvalue weighted by atomic mass is 9.89. The first-order valence-corrected chi connectivity index (χ1v) is 15.0. The topological polar surface area (TPSA) is 59.7 Å². The number of benzene rings is 2. The van der Waals surface area contributed by atoms with E-state index < -0.39 is 0 Å². The number of carbonyl (C=O) groups is 1. The zero-order valence-electron chi connectivity index (χ0n) is 21.8. The third-order valence-electron chi connectivity index (χ3n) is 8.54. The van der Waals surface area contributed by atoms with Crippen molar-refractivity contribution in [2.45, 2.75) is 30.9 Å². The summed E-state index contributed by atoms with van der Waals surface area (Å²) in [6.07, 6.45) is 3.12. The summed E-state index contributed by atoms with van der Waals surface area (Å²) in [4.78, 5) is 35.8. The first kappa shape index (κ1) is 25.6. The summed E-state index contributed by atoms with van der Waals surface area (Å²) in [6, 6.07) is 12.7. The molecule has 3 aromatic rings. The van der Waals surface area contributed by atoms with Crippen LogP contribution in [-0.4, -0.2) is 83.7 Å². The van der Waals surface area contributed by atoms with Crippen molar-refractivity contribution in [3.05, 3.63) is 80.9 Å². The molecule has 2 fully saturated rings. The molecule has 0 bridgehead atoms. The number of hydrogen-bond acceptors (Lipinski definition) is 5. The van der Waals surface area contributed by atoms with E-state index in [0.29, 0.717) is 11.5 Å². The van der Waals surface area contributed by atoms with Crippen LogP contribution in [-0.2, 0) is 12.2 Å². The molecule has 200 valence electrons. The number of piperazine rings is 1. The van der Waals surface area contributed by atoms with Crippen molar-refractivity contribution in [1.82, 2.24) is 19.7 Å². The normalized spacial score (nSPS) is 19.6. The third kappa shape index (κ3) is 5.40. The Kier molecular flexibility index (Phi) is 7.54. The van der Waals surface area contributed by atoms with E-state index >= 15 is 0 Å². The van der Waals surface area contributed by atoms with Crippen LogP contribution in [0.15, 0.2) is 47.3 Å². The number of aromatic amines is 1. The van der Waals surface area contributed by atoms with E-state index in [1.807, 2.05) is 35.2 Å². The molecule has 0 spiro atoms. The van der Waals surface area contributed by atoms with Crippen molar-refractivity contribution in [1.29, 1.82) is 0 Å². The first-order valence-electron chi connectivity index (χ1n) is 13.8. The first-order chi connectivity index (χ1) is 18.5. The minimum Gasteiger partial charge on any atom is -0.336 e. The van der Waals surface area contributed by atoms with Gasteiger partial charge in [-0.25, -0.2) is 4.39 Å². The van der Waals surface area contributed by atoms with Gasteiger partial charge in [0.15, 0.2) is 0 Å². The van der Waals surface area contributed by atoms with Gasteiger partial charge in [-0.15, -0.1) is 0 Å². The number of nitrogens with zero attached hydrogens (tertiary/aromatic N) is 3. The fraction of sp³-hybridized carbons (Fsp3) is 0.467. The van der Waals surface area contributed by atoms with E-state index in [9.17, 15) is 14.0 Å². The predicted molar refractivity (Wildman–Crippen MR) is 152 cm³/mol. The highest BCUT2D eigenvalue weighted by Gasteiger charge is 2.25. The Hall–Kier alpha value is -2.68. The molecular weight excluding hydrogens is 499 g/mol. The van der Waals surface area contributed by atoms with Crippen LogP contribution in [0, 0.1) is 5.82 Å². The zero-order valence-corrected chi connectivity index (χ0v) is 22.6. The van der Waals surface area contributed by atoms with Crippen molar-refractivity contribution in [3.63, 3.8) is 0 Å². The second kappa shape index (κ2) is 11.2. The zero-order chi connectivity index (χ0) is 26.1. The lowest BCUT2D eigenvalue weighted by Crippen LogP contribution is -2.50. The van der Waals surface area contributed by atoms with Crippen LogP contribution in [0.25, 0.3) is 10.9 Å². The monoisotopic (exact) mass is 534 g/mol. The van der Waals surface area contributed by atoms with Gasteiger partial charge in [-0.3, -0.25) is 14.5 Å². The smallest absolute Gasteiger partial charge is 0.253 e. The van der Waals surface area contributed by atoms with Crippen LogP contribution in [0.2, 0.25) is 0 Å². The van der Waals surface area contributed by atoms with Gasteiger partial charge in [-0.1, -0.05) is 12.1 Å². The molecule has 1 amide bonds. The second-order valence-electron chi connectivity index (χ2n) is 10.8. The van der Waals surface area contributed by atoms with E-state index in [4.69, 9.17) is 0 Å². The van der Waals surface area contributed by atoms with E-state index in [1.165, 1.54) is 5.56 Å². The van der Waals surface area contributed by atoms with E-state index in [1.54, 1.807) is 23.9 Å². The largest absolute Gasteiger partial charge is 0.336 e. The van der Waals surface area contributed by atoms with Gasteiger partial charge in [0.2, 0.25) is 0 Å². The molecule has 2 aromatic carbocycles. The van der Waals surface area contributed by atoms with Crippen LogP contribution in [0.4, 0.5) is 4.39 Å². The number of halogens is 1. The Morgan fingerprint density at radius 3 is 2.37 bits per heavy atom. The summed E-state index contributed by atoms with van der Waals surface area (Å²) in [7, 11) is 0. The summed E-state index contributed by atoms with van der Waals surface area (Å²) in [5, 5.41) is 1.02. The lowest BCUT2D eigenvalue weighted by molar-refractivity contribution is 0.0617. The number of pyridine rings is 1. The summed E-state index contributed by atoms with van der Waals surface area (Å²) in [5.41, 5.74) is 4.78. The number of amides is 1. The molecule has 3 aliphatic rings. The highest BCUT2D eigenvalue weighted by molar-refractivity contribution is 7.98. The number of rotatable bonds is 5. The summed E-state index contributed by atoms with van der Waals surface area (Å²) < 4.78 is 13.2. The number of piperidine rings is 1. The van der Waals surface area contributed by atoms with Gasteiger partial charge in [-0.05, 0) is 85.5 Å². The molecule has 3 aliphatic heterocycles. The Balaban J connectivity index is 1.00. The number of hydrogen-bond donors (Lipinski definition) is 1. The van der Waals surface area contributed by atoms with Crippen LogP contribution in [0.5, 0.6) is 0 Å². The van der Waals surface area contributed by atoms with Crippen molar-refractivity contribution < 1.29 is 9.18 Å². The van der Waals surface area contributed by atoms with Crippen LogP contribution >= 0.6 is 11.8 Å². The van der Waals surface area contributed by atoms with Crippen LogP contribution in [0.1, 0.15) is 45.8 Å². The Bertz CT molecular complexity index is 1360. The summed E-state index contributed by atoms with van der Waals surface area (Å²) in [5.74, 6) is 2.20. The van der Waals surface area contributed by atoms with E-state index in [2.05, 4.69) is 14.8 Å². The highest BCUT2D eigenvalue weighted by atomic mass is 32.2. The van der Waals surface area contributed by atoms with Gasteiger partial charge in [0.05, 0.1) is 0 Å². The van der Waals surface area contributed by atoms with Crippen molar-refractivity contribution in [2.75, 3.05) is 58.1 Å². The number of thioether (sulfide) groups is 1. The van der Waals surface area contributed by atoms with E-state index in [0.717, 1.165) is 105 Å². The SMILES string of the molecule is O=C(c1ccc2[nH]c(=O)c3c(c2c1)CCSC3)N1CCN(CCN2CCC(c3ccc(F)cc3)CC2)CC1. The van der Waals surface area contributed by atoms with E-state index in [-0.39, 0.29) is 17.3 Å². The molecule has 2 saturated heterocycles. The molecule has 8 heteroatoms. The minimum absolute atomic E-state index is 0.00662.